The summed E-state index contributed by atoms with van der Waals surface area (Å²) in [6, 6.07) is 22.3. The molecule has 0 aliphatic heterocycles. The summed E-state index contributed by atoms with van der Waals surface area (Å²) in [6.45, 7) is 0.314. The molecule has 2 N–H and O–H groups in total. The number of nitrogens with one attached hydrogen (secondary N) is 1. The Morgan fingerprint density at radius 3 is 2.21 bits per heavy atom. The molecule has 0 fully saturated rings. The first-order chi connectivity index (χ1) is 16.0. The minimum absolute atomic E-state index is 0.0302. The first kappa shape index (κ1) is 22.1. The Morgan fingerprint density at radius 1 is 0.939 bits per heavy atom. The number of hydrogen-bond acceptors (Lipinski definition) is 4. The highest BCUT2D eigenvalue weighted by Gasteiger charge is 2.29. The number of fused-ring (bicyclic) bond motifs is 3. The number of ether oxygens (including phenoxy) is 1. The van der Waals surface area contributed by atoms with E-state index in [1.807, 2.05) is 24.3 Å². The van der Waals surface area contributed by atoms with Crippen LogP contribution in [-0.2, 0) is 9.53 Å². The van der Waals surface area contributed by atoms with E-state index in [-0.39, 0.29) is 37.0 Å². The maximum Gasteiger partial charge on any atom is 0.407 e. The summed E-state index contributed by atoms with van der Waals surface area (Å²) < 4.78 is 5.47. The average Bonchev–Trinajstić information content (AvgIpc) is 3.16. The van der Waals surface area contributed by atoms with Gasteiger partial charge in [-0.15, -0.1) is 0 Å². The van der Waals surface area contributed by atoms with Gasteiger partial charge in [-0.05, 0) is 40.5 Å². The molecule has 0 saturated carbocycles. The van der Waals surface area contributed by atoms with Gasteiger partial charge in [0.05, 0.1) is 5.56 Å². The van der Waals surface area contributed by atoms with Gasteiger partial charge in [-0.3, -0.25) is 4.79 Å². The van der Waals surface area contributed by atoms with Crippen LogP contribution >= 0.6 is 0 Å². The lowest BCUT2D eigenvalue weighted by Gasteiger charge is -2.18. The molecule has 0 aromatic heterocycles. The first-order valence-electron chi connectivity index (χ1n) is 10.6. The van der Waals surface area contributed by atoms with Crippen molar-refractivity contribution < 1.29 is 24.2 Å². The smallest absolute Gasteiger partial charge is 0.407 e. The number of amides is 2. The molecule has 0 saturated heterocycles. The van der Waals surface area contributed by atoms with Gasteiger partial charge in [0.25, 0.3) is 0 Å². The van der Waals surface area contributed by atoms with Crippen LogP contribution in [0, 0.1) is 0 Å². The molecule has 3 aromatic carbocycles. The number of carbonyl (C=O) groups is 3. The first-order valence-corrected chi connectivity index (χ1v) is 10.6. The minimum Gasteiger partial charge on any atom is -0.478 e. The fraction of sp³-hybridized carbons (Fsp3) is 0.192. The van der Waals surface area contributed by atoms with Gasteiger partial charge in [-0.25, -0.2) is 9.59 Å². The molecule has 0 heterocycles. The number of alkyl carbamates (subject to hydrolysis) is 1. The third-order valence-electron chi connectivity index (χ3n) is 5.81. The van der Waals surface area contributed by atoms with Gasteiger partial charge in [-0.2, -0.15) is 0 Å². The number of nitrogens with zero attached hydrogens (tertiary/aromatic N) is 1. The van der Waals surface area contributed by atoms with Gasteiger partial charge in [0.15, 0.2) is 0 Å². The number of carboxylic acids is 1. The lowest BCUT2D eigenvalue weighted by atomic mass is 9.98. The molecule has 1 aliphatic carbocycles. The topological polar surface area (TPSA) is 95.9 Å². The van der Waals surface area contributed by atoms with E-state index in [1.54, 1.807) is 19.2 Å². The Labute approximate surface area is 191 Å². The van der Waals surface area contributed by atoms with Gasteiger partial charge in [0, 0.05) is 31.6 Å². The average molecular weight is 444 g/mol. The standard InChI is InChI=1S/C26H24N2O5/c1-28(18-8-6-7-17(15-18)25(30)31)24(29)13-14-27-26(32)33-16-23-21-11-4-2-9-19(21)20-10-3-5-12-22(20)23/h2-12,15,23H,13-14,16H2,1H3,(H,27,32)(H,30,31). The summed E-state index contributed by atoms with van der Waals surface area (Å²) in [7, 11) is 1.57. The number of anilines is 1. The molecule has 3 aromatic rings. The molecule has 0 radical (unpaired) electrons. The van der Waals surface area contributed by atoms with E-state index in [0.29, 0.717) is 5.69 Å². The van der Waals surface area contributed by atoms with Gasteiger partial charge in [0.1, 0.15) is 6.61 Å². The molecule has 168 valence electrons. The molecule has 2 amide bonds. The van der Waals surface area contributed by atoms with E-state index in [2.05, 4.69) is 29.6 Å². The monoisotopic (exact) mass is 444 g/mol. The number of carboxylic acid groups (broad SMARTS) is 1. The van der Waals surface area contributed by atoms with Crippen molar-refractivity contribution >= 4 is 23.7 Å². The van der Waals surface area contributed by atoms with E-state index < -0.39 is 12.1 Å². The van der Waals surface area contributed by atoms with Gasteiger partial charge >= 0.3 is 12.1 Å². The summed E-state index contributed by atoms with van der Waals surface area (Å²) in [5, 5.41) is 11.7. The van der Waals surface area contributed by atoms with Crippen LogP contribution in [0.3, 0.4) is 0 Å². The predicted molar refractivity (Wildman–Crippen MR) is 125 cm³/mol. The molecule has 7 heteroatoms. The molecule has 0 bridgehead atoms. The number of carbonyl (C=O) groups excluding carboxylic acids is 2. The van der Waals surface area contributed by atoms with Crippen LogP contribution < -0.4 is 10.2 Å². The highest BCUT2D eigenvalue weighted by atomic mass is 16.5. The Bertz CT molecular complexity index is 1160. The van der Waals surface area contributed by atoms with E-state index in [9.17, 15) is 14.4 Å². The van der Waals surface area contributed by atoms with Crippen LogP contribution in [-0.4, -0.2) is 43.3 Å². The zero-order chi connectivity index (χ0) is 23.4. The quantitative estimate of drug-likeness (QED) is 0.567. The molecule has 1 aliphatic rings. The van der Waals surface area contributed by atoms with Crippen LogP contribution in [0.1, 0.15) is 33.8 Å². The summed E-state index contributed by atoms with van der Waals surface area (Å²) >= 11 is 0. The Balaban J connectivity index is 1.29. The third kappa shape index (κ3) is 4.72. The summed E-state index contributed by atoms with van der Waals surface area (Å²) in [5.41, 5.74) is 5.15. The molecule has 7 nitrogen and oxygen atoms in total. The van der Waals surface area contributed by atoms with Crippen molar-refractivity contribution in [2.75, 3.05) is 25.1 Å². The molecular formula is C26H24N2O5. The second-order valence-corrected chi connectivity index (χ2v) is 7.81. The number of aromatic carboxylic acids is 1. The van der Waals surface area contributed by atoms with Crippen molar-refractivity contribution in [3.8, 4) is 11.1 Å². The van der Waals surface area contributed by atoms with Gasteiger partial charge < -0.3 is 20.1 Å². The van der Waals surface area contributed by atoms with Crippen LogP contribution in [0.4, 0.5) is 10.5 Å². The zero-order valence-electron chi connectivity index (χ0n) is 18.2. The molecule has 0 atom stereocenters. The molecule has 4 rings (SSSR count). The van der Waals surface area contributed by atoms with Crippen molar-refractivity contribution in [3.63, 3.8) is 0 Å². The Morgan fingerprint density at radius 2 is 1.58 bits per heavy atom. The van der Waals surface area contributed by atoms with E-state index >= 15 is 0 Å². The van der Waals surface area contributed by atoms with Crippen LogP contribution in [0.5, 0.6) is 0 Å². The lowest BCUT2D eigenvalue weighted by molar-refractivity contribution is -0.118. The van der Waals surface area contributed by atoms with Gasteiger partial charge in [-0.1, -0.05) is 54.6 Å². The maximum atomic E-state index is 12.4. The molecule has 0 spiro atoms. The SMILES string of the molecule is CN(C(=O)CCNC(=O)OCC1c2ccccc2-c2ccccc21)c1cccc(C(=O)O)c1. The summed E-state index contributed by atoms with van der Waals surface area (Å²) in [5.74, 6) is -1.34. The van der Waals surface area contributed by atoms with E-state index in [1.165, 1.54) is 17.0 Å². The normalized spacial score (nSPS) is 11.9. The Hall–Kier alpha value is -4.13. The van der Waals surface area contributed by atoms with Crippen LogP contribution in [0.2, 0.25) is 0 Å². The molecule has 0 unspecified atom stereocenters. The lowest BCUT2D eigenvalue weighted by Crippen LogP contribution is -2.33. The van der Waals surface area contributed by atoms with E-state index in [4.69, 9.17) is 9.84 Å². The Kier molecular flexibility index (Phi) is 6.40. The fourth-order valence-electron chi connectivity index (χ4n) is 4.08. The fourth-order valence-corrected chi connectivity index (χ4v) is 4.08. The van der Waals surface area contributed by atoms with Crippen molar-refractivity contribution in [2.24, 2.45) is 0 Å². The third-order valence-corrected chi connectivity index (χ3v) is 5.81. The van der Waals surface area contributed by atoms with Crippen molar-refractivity contribution in [1.29, 1.82) is 0 Å². The van der Waals surface area contributed by atoms with Crippen molar-refractivity contribution in [3.05, 3.63) is 89.5 Å². The zero-order valence-corrected chi connectivity index (χ0v) is 18.2. The second kappa shape index (κ2) is 9.56. The number of benzene rings is 3. The van der Waals surface area contributed by atoms with Crippen molar-refractivity contribution in [2.45, 2.75) is 12.3 Å². The second-order valence-electron chi connectivity index (χ2n) is 7.81. The van der Waals surface area contributed by atoms with Crippen LogP contribution in [0.25, 0.3) is 11.1 Å². The largest absolute Gasteiger partial charge is 0.478 e. The maximum absolute atomic E-state index is 12.4. The summed E-state index contributed by atoms with van der Waals surface area (Å²) in [4.78, 5) is 37.2. The number of rotatable bonds is 7. The molecular weight excluding hydrogens is 420 g/mol. The molecule has 33 heavy (non-hydrogen) atoms. The highest BCUT2D eigenvalue weighted by Crippen LogP contribution is 2.44. The number of hydrogen-bond donors (Lipinski definition) is 2. The van der Waals surface area contributed by atoms with Gasteiger partial charge in [0.2, 0.25) is 5.91 Å². The highest BCUT2D eigenvalue weighted by molar-refractivity contribution is 5.95. The van der Waals surface area contributed by atoms with Crippen LogP contribution in [0.15, 0.2) is 72.8 Å². The van der Waals surface area contributed by atoms with E-state index in [0.717, 1.165) is 22.3 Å². The minimum atomic E-state index is -1.06. The summed E-state index contributed by atoms with van der Waals surface area (Å²) in [6.07, 6.45) is -0.530. The van der Waals surface area contributed by atoms with Crippen molar-refractivity contribution in [1.82, 2.24) is 5.32 Å². The predicted octanol–water partition coefficient (Wildman–Crippen LogP) is 4.28.